The second-order valence-electron chi connectivity index (χ2n) is 4.01. The fraction of sp³-hybridized carbons (Fsp3) is 0.636. The normalized spacial score (nSPS) is 16.9. The molecule has 1 aromatic rings. The number of nitrogens with zero attached hydrogens (tertiary/aromatic N) is 3. The van der Waals surface area contributed by atoms with E-state index >= 15 is 0 Å². The van der Waals surface area contributed by atoms with E-state index in [1.54, 1.807) is 12.4 Å². The van der Waals surface area contributed by atoms with E-state index in [1.165, 1.54) is 10.9 Å². The largest absolute Gasteiger partial charge is 0.379 e. The quantitative estimate of drug-likeness (QED) is 0.759. The fourth-order valence-electron chi connectivity index (χ4n) is 1.79. The van der Waals surface area contributed by atoms with E-state index in [2.05, 4.69) is 15.2 Å². The molecule has 1 saturated heterocycles. The fourth-order valence-corrected chi connectivity index (χ4v) is 1.79. The number of amides is 1. The Morgan fingerprint density at radius 1 is 1.41 bits per heavy atom. The van der Waals surface area contributed by atoms with Crippen LogP contribution in [0.25, 0.3) is 0 Å². The summed E-state index contributed by atoms with van der Waals surface area (Å²) < 4.78 is 6.71. The van der Waals surface area contributed by atoms with Crippen molar-refractivity contribution in [2.45, 2.75) is 6.42 Å². The van der Waals surface area contributed by atoms with Crippen LogP contribution in [0.15, 0.2) is 18.7 Å². The summed E-state index contributed by atoms with van der Waals surface area (Å²) in [5.41, 5.74) is 0. The molecule has 1 fully saturated rings. The number of hydrogen-bond donors (Lipinski definition) is 1. The van der Waals surface area contributed by atoms with Crippen molar-refractivity contribution < 1.29 is 9.53 Å². The third kappa shape index (κ3) is 3.83. The first kappa shape index (κ1) is 12.1. The number of nitrogens with one attached hydrogen (secondary N) is 1. The lowest BCUT2D eigenvalue weighted by Gasteiger charge is -2.26. The van der Waals surface area contributed by atoms with Gasteiger partial charge in [0.05, 0.1) is 13.2 Å². The van der Waals surface area contributed by atoms with Gasteiger partial charge in [-0.1, -0.05) is 0 Å². The van der Waals surface area contributed by atoms with E-state index in [1.807, 2.05) is 0 Å². The van der Waals surface area contributed by atoms with Crippen molar-refractivity contribution in [1.82, 2.24) is 19.8 Å². The van der Waals surface area contributed by atoms with Crippen molar-refractivity contribution in [2.75, 3.05) is 39.4 Å². The monoisotopic (exact) mass is 238 g/mol. The minimum absolute atomic E-state index is 0.121. The Morgan fingerprint density at radius 2 is 2.24 bits per heavy atom. The van der Waals surface area contributed by atoms with Gasteiger partial charge in [-0.2, -0.15) is 0 Å². The molecule has 0 aromatic carbocycles. The van der Waals surface area contributed by atoms with Crippen molar-refractivity contribution in [3.8, 4) is 0 Å². The second kappa shape index (κ2) is 6.36. The predicted octanol–water partition coefficient (Wildman–Crippen LogP) is 0.163. The second-order valence-corrected chi connectivity index (χ2v) is 4.01. The van der Waals surface area contributed by atoms with Gasteiger partial charge in [-0.05, 0) is 13.0 Å². The van der Waals surface area contributed by atoms with Crippen LogP contribution >= 0.6 is 0 Å². The summed E-state index contributed by atoms with van der Waals surface area (Å²) >= 11 is 0. The number of imidazole rings is 1. The first-order valence-corrected chi connectivity index (χ1v) is 5.92. The highest BCUT2D eigenvalue weighted by Crippen LogP contribution is 1.97. The lowest BCUT2D eigenvalue weighted by atomic mass is 10.3. The van der Waals surface area contributed by atoms with Gasteiger partial charge in [-0.3, -0.25) is 9.47 Å². The number of aromatic nitrogens is 2. The molecule has 0 spiro atoms. The average Bonchev–Trinajstić information content (AvgIpc) is 2.89. The number of ether oxygens (including phenoxy) is 1. The summed E-state index contributed by atoms with van der Waals surface area (Å²) in [6.45, 7) is 5.33. The van der Waals surface area contributed by atoms with Gasteiger partial charge in [-0.25, -0.2) is 9.78 Å². The number of carbonyl (C=O) groups is 1. The van der Waals surface area contributed by atoms with E-state index in [-0.39, 0.29) is 6.03 Å². The molecule has 1 aromatic heterocycles. The molecule has 1 amide bonds. The first-order valence-electron chi connectivity index (χ1n) is 5.92. The van der Waals surface area contributed by atoms with Gasteiger partial charge in [0, 0.05) is 32.0 Å². The molecule has 0 bridgehead atoms. The summed E-state index contributed by atoms with van der Waals surface area (Å²) in [6.07, 6.45) is 5.68. The van der Waals surface area contributed by atoms with Crippen LogP contribution in [-0.2, 0) is 4.74 Å². The average molecular weight is 238 g/mol. The maximum Gasteiger partial charge on any atom is 0.326 e. The Balaban J connectivity index is 1.58. The summed E-state index contributed by atoms with van der Waals surface area (Å²) in [6, 6.07) is -0.121. The molecule has 1 aliphatic rings. The SMILES string of the molecule is O=C(NCCCN1CCOCC1)n1ccnc1. The zero-order valence-corrected chi connectivity index (χ0v) is 9.84. The zero-order chi connectivity index (χ0) is 11.9. The molecule has 94 valence electrons. The van der Waals surface area contributed by atoms with Gasteiger partial charge >= 0.3 is 6.03 Å². The Morgan fingerprint density at radius 3 is 2.94 bits per heavy atom. The highest BCUT2D eigenvalue weighted by atomic mass is 16.5. The van der Waals surface area contributed by atoms with Gasteiger partial charge < -0.3 is 10.1 Å². The van der Waals surface area contributed by atoms with Gasteiger partial charge in [0.1, 0.15) is 6.33 Å². The first-order chi connectivity index (χ1) is 8.36. The molecule has 0 unspecified atom stereocenters. The molecule has 1 N–H and O–H groups in total. The molecule has 1 aliphatic heterocycles. The van der Waals surface area contributed by atoms with Crippen LogP contribution in [0.5, 0.6) is 0 Å². The highest BCUT2D eigenvalue weighted by Gasteiger charge is 2.09. The number of rotatable bonds is 4. The third-order valence-corrected chi connectivity index (χ3v) is 2.77. The Hall–Kier alpha value is -1.40. The molecular weight excluding hydrogens is 220 g/mol. The van der Waals surface area contributed by atoms with Crippen LogP contribution in [0.4, 0.5) is 4.79 Å². The topological polar surface area (TPSA) is 59.4 Å². The minimum Gasteiger partial charge on any atom is -0.379 e. The summed E-state index contributed by atoms with van der Waals surface area (Å²) in [7, 11) is 0. The molecule has 0 aliphatic carbocycles. The molecule has 17 heavy (non-hydrogen) atoms. The summed E-state index contributed by atoms with van der Waals surface area (Å²) in [5, 5.41) is 2.85. The van der Waals surface area contributed by atoms with Crippen LogP contribution in [-0.4, -0.2) is 59.9 Å². The molecule has 2 rings (SSSR count). The van der Waals surface area contributed by atoms with Crippen LogP contribution in [0, 0.1) is 0 Å². The van der Waals surface area contributed by atoms with Crippen LogP contribution in [0.3, 0.4) is 0 Å². The third-order valence-electron chi connectivity index (χ3n) is 2.77. The number of carbonyl (C=O) groups excluding carboxylic acids is 1. The summed E-state index contributed by atoms with van der Waals surface area (Å²) in [4.78, 5) is 17.7. The predicted molar refractivity (Wildman–Crippen MR) is 62.9 cm³/mol. The molecule has 6 heteroatoms. The lowest BCUT2D eigenvalue weighted by molar-refractivity contribution is 0.0375. The van der Waals surface area contributed by atoms with E-state index in [0.717, 1.165) is 39.3 Å². The zero-order valence-electron chi connectivity index (χ0n) is 9.84. The number of hydrogen-bond acceptors (Lipinski definition) is 4. The molecule has 0 saturated carbocycles. The van der Waals surface area contributed by atoms with Crippen LogP contribution in [0.2, 0.25) is 0 Å². The molecule has 0 atom stereocenters. The minimum atomic E-state index is -0.121. The van der Waals surface area contributed by atoms with E-state index in [4.69, 9.17) is 4.74 Å². The maximum atomic E-state index is 11.5. The van der Waals surface area contributed by atoms with Gasteiger partial charge in [0.15, 0.2) is 0 Å². The van der Waals surface area contributed by atoms with Crippen molar-refractivity contribution in [2.24, 2.45) is 0 Å². The van der Waals surface area contributed by atoms with Crippen molar-refractivity contribution in [3.63, 3.8) is 0 Å². The van der Waals surface area contributed by atoms with Crippen molar-refractivity contribution in [1.29, 1.82) is 0 Å². The van der Waals surface area contributed by atoms with Gasteiger partial charge in [0.2, 0.25) is 0 Å². The Bertz CT molecular complexity index is 333. The molecule has 2 heterocycles. The molecule has 0 radical (unpaired) electrons. The van der Waals surface area contributed by atoms with E-state index < -0.39 is 0 Å². The Labute approximate surface area is 101 Å². The summed E-state index contributed by atoms with van der Waals surface area (Å²) in [5.74, 6) is 0. The lowest BCUT2D eigenvalue weighted by Crippen LogP contribution is -2.38. The van der Waals surface area contributed by atoms with Crippen LogP contribution in [0.1, 0.15) is 6.42 Å². The smallest absolute Gasteiger partial charge is 0.326 e. The van der Waals surface area contributed by atoms with Gasteiger partial charge in [0.25, 0.3) is 0 Å². The van der Waals surface area contributed by atoms with E-state index in [9.17, 15) is 4.79 Å². The maximum absolute atomic E-state index is 11.5. The van der Waals surface area contributed by atoms with Gasteiger partial charge in [-0.15, -0.1) is 0 Å². The Kier molecular flexibility index (Phi) is 4.52. The van der Waals surface area contributed by atoms with Crippen molar-refractivity contribution in [3.05, 3.63) is 18.7 Å². The molecule has 6 nitrogen and oxygen atoms in total. The number of morpholine rings is 1. The van der Waals surface area contributed by atoms with Crippen LogP contribution < -0.4 is 5.32 Å². The van der Waals surface area contributed by atoms with E-state index in [0.29, 0.717) is 6.54 Å². The standard InChI is InChI=1S/C11H18N4O2/c16-11(15-5-3-12-10-15)13-2-1-4-14-6-8-17-9-7-14/h3,5,10H,1-2,4,6-9H2,(H,13,16). The highest BCUT2D eigenvalue weighted by molar-refractivity contribution is 5.76. The van der Waals surface area contributed by atoms with Crippen molar-refractivity contribution >= 4 is 6.03 Å². The molecular formula is C11H18N4O2.